The first-order valence-corrected chi connectivity index (χ1v) is 9.86. The summed E-state index contributed by atoms with van der Waals surface area (Å²) in [6, 6.07) is 14.3. The molecule has 0 aromatic heterocycles. The summed E-state index contributed by atoms with van der Waals surface area (Å²) >= 11 is 0. The van der Waals surface area contributed by atoms with E-state index in [1.165, 1.54) is 16.8 Å². The molecule has 1 fully saturated rings. The van der Waals surface area contributed by atoms with Crippen LogP contribution in [0.2, 0.25) is 0 Å². The maximum Gasteiger partial charge on any atom is 0.232 e. The van der Waals surface area contributed by atoms with Crippen LogP contribution in [-0.2, 0) is 16.1 Å². The minimum atomic E-state index is -0.217. The molecule has 1 heterocycles. The molecule has 1 N–H and O–H groups in total. The molecule has 2 aromatic rings. The van der Waals surface area contributed by atoms with Gasteiger partial charge in [0.05, 0.1) is 0 Å². The molecule has 0 unspecified atom stereocenters. The summed E-state index contributed by atoms with van der Waals surface area (Å²) in [6.45, 7) is 9.62. The summed E-state index contributed by atoms with van der Waals surface area (Å²) in [5, 5.41) is 2.86. The predicted octanol–water partition coefficient (Wildman–Crippen LogP) is 2.97. The van der Waals surface area contributed by atoms with Crippen LogP contribution in [0.3, 0.4) is 0 Å². The van der Waals surface area contributed by atoms with Gasteiger partial charge in [-0.05, 0) is 49.1 Å². The Balaban J connectivity index is 1.48. The van der Waals surface area contributed by atoms with Crippen LogP contribution in [0.15, 0.2) is 42.5 Å². The van der Waals surface area contributed by atoms with Gasteiger partial charge in [0.15, 0.2) is 0 Å². The molecule has 148 valence electrons. The standard InChI is InChI=1S/C23H29N3O2/c1-17-8-6-10-21(19(17)3)25-11-13-26(14-12-25)23(28)15-22(27)24-16-20-9-5-4-7-18(20)2/h4-10H,11-16H2,1-3H3,(H,24,27). The highest BCUT2D eigenvalue weighted by Gasteiger charge is 2.23. The molecule has 2 aromatic carbocycles. The second kappa shape index (κ2) is 8.91. The lowest BCUT2D eigenvalue weighted by atomic mass is 10.1. The molecule has 28 heavy (non-hydrogen) atoms. The molecule has 0 aliphatic carbocycles. The summed E-state index contributed by atoms with van der Waals surface area (Å²) in [7, 11) is 0. The highest BCUT2D eigenvalue weighted by molar-refractivity contribution is 5.97. The Morgan fingerprint density at radius 3 is 2.29 bits per heavy atom. The molecule has 5 nitrogen and oxygen atoms in total. The Hall–Kier alpha value is -2.82. The summed E-state index contributed by atoms with van der Waals surface area (Å²) in [4.78, 5) is 28.8. The fourth-order valence-corrected chi connectivity index (χ4v) is 3.59. The number of carbonyl (C=O) groups is 2. The highest BCUT2D eigenvalue weighted by atomic mass is 16.2. The largest absolute Gasteiger partial charge is 0.368 e. The van der Waals surface area contributed by atoms with Gasteiger partial charge in [0.1, 0.15) is 6.42 Å². The van der Waals surface area contributed by atoms with E-state index in [4.69, 9.17) is 0 Å². The van der Waals surface area contributed by atoms with Crippen LogP contribution in [0.1, 0.15) is 28.7 Å². The average molecular weight is 380 g/mol. The number of rotatable bonds is 5. The molecular weight excluding hydrogens is 350 g/mol. The van der Waals surface area contributed by atoms with Crippen molar-refractivity contribution in [3.8, 4) is 0 Å². The van der Waals surface area contributed by atoms with Gasteiger partial charge in [-0.3, -0.25) is 9.59 Å². The van der Waals surface area contributed by atoms with Gasteiger partial charge in [0.25, 0.3) is 0 Å². The Labute approximate surface area is 167 Å². The number of nitrogens with zero attached hydrogens (tertiary/aromatic N) is 2. The number of amides is 2. The summed E-state index contributed by atoms with van der Waals surface area (Å²) in [5.74, 6) is -0.312. The zero-order chi connectivity index (χ0) is 20.1. The third-order valence-electron chi connectivity index (χ3n) is 5.60. The molecule has 3 rings (SSSR count). The monoisotopic (exact) mass is 379 g/mol. The molecule has 0 spiro atoms. The molecule has 1 aliphatic heterocycles. The van der Waals surface area contributed by atoms with E-state index >= 15 is 0 Å². The predicted molar refractivity (Wildman–Crippen MR) is 112 cm³/mol. The van der Waals surface area contributed by atoms with E-state index in [0.717, 1.165) is 24.2 Å². The van der Waals surface area contributed by atoms with E-state index in [2.05, 4.69) is 42.3 Å². The van der Waals surface area contributed by atoms with Gasteiger partial charge >= 0.3 is 0 Å². The Kier molecular flexibility index (Phi) is 6.34. The Morgan fingerprint density at radius 1 is 0.893 bits per heavy atom. The van der Waals surface area contributed by atoms with Crippen LogP contribution in [0.25, 0.3) is 0 Å². The van der Waals surface area contributed by atoms with Crippen molar-refractivity contribution in [2.24, 2.45) is 0 Å². The highest BCUT2D eigenvalue weighted by Crippen LogP contribution is 2.24. The average Bonchev–Trinajstić information content (AvgIpc) is 2.69. The normalized spacial score (nSPS) is 14.1. The maximum absolute atomic E-state index is 12.5. The van der Waals surface area contributed by atoms with Crippen molar-refractivity contribution in [1.29, 1.82) is 0 Å². The third-order valence-corrected chi connectivity index (χ3v) is 5.60. The lowest BCUT2D eigenvalue weighted by Gasteiger charge is -2.37. The van der Waals surface area contributed by atoms with Crippen LogP contribution in [0.4, 0.5) is 5.69 Å². The number of carbonyl (C=O) groups excluding carboxylic acids is 2. The maximum atomic E-state index is 12.5. The molecule has 0 bridgehead atoms. The van der Waals surface area contributed by atoms with Crippen molar-refractivity contribution < 1.29 is 9.59 Å². The molecule has 0 radical (unpaired) electrons. The number of hydrogen-bond donors (Lipinski definition) is 1. The minimum Gasteiger partial charge on any atom is -0.368 e. The van der Waals surface area contributed by atoms with Crippen molar-refractivity contribution in [1.82, 2.24) is 10.2 Å². The fraction of sp³-hybridized carbons (Fsp3) is 0.391. The molecular formula is C23H29N3O2. The van der Waals surface area contributed by atoms with E-state index in [-0.39, 0.29) is 18.2 Å². The SMILES string of the molecule is Cc1ccccc1CNC(=O)CC(=O)N1CCN(c2cccc(C)c2C)CC1. The van der Waals surface area contributed by atoms with E-state index in [1.54, 1.807) is 4.90 Å². The van der Waals surface area contributed by atoms with Crippen molar-refractivity contribution in [2.75, 3.05) is 31.1 Å². The van der Waals surface area contributed by atoms with Crippen LogP contribution >= 0.6 is 0 Å². The van der Waals surface area contributed by atoms with Crippen LogP contribution in [0, 0.1) is 20.8 Å². The summed E-state index contributed by atoms with van der Waals surface area (Å²) < 4.78 is 0. The number of piperazine rings is 1. The molecule has 1 aliphatic rings. The molecule has 0 saturated carbocycles. The van der Waals surface area contributed by atoms with Crippen molar-refractivity contribution in [2.45, 2.75) is 33.7 Å². The van der Waals surface area contributed by atoms with E-state index in [1.807, 2.05) is 31.2 Å². The van der Waals surface area contributed by atoms with Gasteiger partial charge in [0, 0.05) is 38.4 Å². The Morgan fingerprint density at radius 2 is 1.57 bits per heavy atom. The van der Waals surface area contributed by atoms with Gasteiger partial charge in [-0.1, -0.05) is 36.4 Å². The lowest BCUT2D eigenvalue weighted by molar-refractivity contribution is -0.136. The lowest BCUT2D eigenvalue weighted by Crippen LogP contribution is -2.49. The number of aryl methyl sites for hydroxylation is 2. The quantitative estimate of drug-likeness (QED) is 0.813. The number of nitrogens with one attached hydrogen (secondary N) is 1. The zero-order valence-electron chi connectivity index (χ0n) is 17.0. The van der Waals surface area contributed by atoms with Crippen LogP contribution in [0.5, 0.6) is 0 Å². The van der Waals surface area contributed by atoms with Gasteiger partial charge in [-0.15, -0.1) is 0 Å². The second-order valence-corrected chi connectivity index (χ2v) is 7.47. The number of benzene rings is 2. The number of hydrogen-bond acceptors (Lipinski definition) is 3. The fourth-order valence-electron chi connectivity index (χ4n) is 3.59. The van der Waals surface area contributed by atoms with Crippen molar-refractivity contribution in [3.05, 3.63) is 64.7 Å². The van der Waals surface area contributed by atoms with Gasteiger partial charge in [0.2, 0.25) is 11.8 Å². The summed E-state index contributed by atoms with van der Waals surface area (Å²) in [5.41, 5.74) is 6.02. The first kappa shape index (κ1) is 19.9. The van der Waals surface area contributed by atoms with Gasteiger partial charge in [-0.25, -0.2) is 0 Å². The van der Waals surface area contributed by atoms with Crippen LogP contribution < -0.4 is 10.2 Å². The second-order valence-electron chi connectivity index (χ2n) is 7.47. The van der Waals surface area contributed by atoms with E-state index in [0.29, 0.717) is 19.6 Å². The summed E-state index contributed by atoms with van der Waals surface area (Å²) in [6.07, 6.45) is -0.0879. The van der Waals surface area contributed by atoms with Crippen LogP contribution in [-0.4, -0.2) is 42.9 Å². The van der Waals surface area contributed by atoms with Gasteiger partial charge in [-0.2, -0.15) is 0 Å². The molecule has 5 heteroatoms. The number of anilines is 1. The van der Waals surface area contributed by atoms with E-state index < -0.39 is 0 Å². The Bertz CT molecular complexity index is 855. The smallest absolute Gasteiger partial charge is 0.232 e. The third kappa shape index (κ3) is 4.71. The molecule has 0 atom stereocenters. The topological polar surface area (TPSA) is 52.7 Å². The van der Waals surface area contributed by atoms with Crippen molar-refractivity contribution >= 4 is 17.5 Å². The zero-order valence-corrected chi connectivity index (χ0v) is 17.0. The first-order valence-electron chi connectivity index (χ1n) is 9.86. The molecule has 2 amide bonds. The molecule has 1 saturated heterocycles. The first-order chi connectivity index (χ1) is 13.5. The van der Waals surface area contributed by atoms with E-state index in [9.17, 15) is 9.59 Å². The minimum absolute atomic E-state index is 0.0879. The van der Waals surface area contributed by atoms with Gasteiger partial charge < -0.3 is 15.1 Å². The van der Waals surface area contributed by atoms with Crippen molar-refractivity contribution in [3.63, 3.8) is 0 Å².